The molecule has 10 nitrogen and oxygen atoms in total. The number of carbonyl (C=O) groups is 1. The molecule has 1 aromatic carbocycles. The maximum atomic E-state index is 12.3. The van der Waals surface area contributed by atoms with E-state index >= 15 is 0 Å². The van der Waals surface area contributed by atoms with Gasteiger partial charge in [0.1, 0.15) is 0 Å². The molecule has 1 aromatic heterocycles. The lowest BCUT2D eigenvalue weighted by Crippen LogP contribution is -2.37. The summed E-state index contributed by atoms with van der Waals surface area (Å²) in [5, 5.41) is 6.54. The number of carbonyl (C=O) groups excluding carboxylic acids is 1. The average Bonchev–Trinajstić information content (AvgIpc) is 3.16. The number of anilines is 1. The van der Waals surface area contributed by atoms with Gasteiger partial charge in [-0.25, -0.2) is 17.9 Å². The fraction of sp³-hybridized carbons (Fsp3) is 0.550. The number of aryl methyl sites for hydroxylation is 1. The predicted molar refractivity (Wildman–Crippen MR) is 116 cm³/mol. The topological polar surface area (TPSA) is 127 Å². The Labute approximate surface area is 182 Å². The van der Waals surface area contributed by atoms with E-state index in [2.05, 4.69) is 25.1 Å². The van der Waals surface area contributed by atoms with Crippen LogP contribution in [0.4, 0.5) is 10.5 Å². The van der Waals surface area contributed by atoms with E-state index in [1.165, 1.54) is 6.26 Å². The molecule has 0 spiro atoms. The van der Waals surface area contributed by atoms with Gasteiger partial charge in [-0.3, -0.25) is 5.32 Å². The number of nitrogens with one attached hydrogen (secondary N) is 2. The van der Waals surface area contributed by atoms with E-state index in [0.717, 1.165) is 38.9 Å². The maximum Gasteiger partial charge on any atom is 0.411 e. The number of piperidine rings is 1. The normalized spacial score (nSPS) is 15.7. The third-order valence-electron chi connectivity index (χ3n) is 5.09. The zero-order chi connectivity index (χ0) is 22.3. The Morgan fingerprint density at radius 1 is 1.29 bits per heavy atom. The second-order valence-electron chi connectivity index (χ2n) is 7.72. The summed E-state index contributed by atoms with van der Waals surface area (Å²) in [7, 11) is -3.13. The van der Waals surface area contributed by atoms with E-state index in [9.17, 15) is 13.2 Å². The molecule has 0 unspecified atom stereocenters. The van der Waals surface area contributed by atoms with Crippen molar-refractivity contribution in [2.75, 3.05) is 44.4 Å². The zero-order valence-electron chi connectivity index (χ0n) is 17.8. The van der Waals surface area contributed by atoms with Crippen molar-refractivity contribution in [2.24, 2.45) is 5.92 Å². The molecule has 0 aliphatic carbocycles. The molecule has 170 valence electrons. The molecule has 1 saturated heterocycles. The van der Waals surface area contributed by atoms with Gasteiger partial charge in [-0.15, -0.1) is 0 Å². The Morgan fingerprint density at radius 3 is 2.71 bits per heavy atom. The minimum Gasteiger partial charge on any atom is -0.449 e. The van der Waals surface area contributed by atoms with Crippen molar-refractivity contribution in [1.29, 1.82) is 0 Å². The van der Waals surface area contributed by atoms with Crippen molar-refractivity contribution in [3.63, 3.8) is 0 Å². The summed E-state index contributed by atoms with van der Waals surface area (Å²) in [6.07, 6.45) is 3.29. The molecule has 1 fully saturated rings. The van der Waals surface area contributed by atoms with Crippen molar-refractivity contribution < 1.29 is 22.5 Å². The first-order chi connectivity index (χ1) is 14.8. The van der Waals surface area contributed by atoms with E-state index in [0.29, 0.717) is 42.0 Å². The predicted octanol–water partition coefficient (Wildman–Crippen LogP) is 2.24. The Kier molecular flexibility index (Phi) is 7.99. The Balaban J connectivity index is 1.39. The Bertz CT molecular complexity index is 970. The summed E-state index contributed by atoms with van der Waals surface area (Å²) in [4.78, 5) is 18.8. The van der Waals surface area contributed by atoms with Crippen molar-refractivity contribution >= 4 is 21.8 Å². The minimum atomic E-state index is -3.13. The van der Waals surface area contributed by atoms with Gasteiger partial charge in [-0.2, -0.15) is 4.98 Å². The summed E-state index contributed by atoms with van der Waals surface area (Å²) in [5.74, 6) is 1.17. The maximum absolute atomic E-state index is 12.3. The van der Waals surface area contributed by atoms with Gasteiger partial charge in [0.2, 0.25) is 10.0 Å². The van der Waals surface area contributed by atoms with Crippen molar-refractivity contribution in [3.8, 4) is 11.5 Å². The molecule has 1 aliphatic heterocycles. The highest BCUT2D eigenvalue weighted by molar-refractivity contribution is 7.88. The average molecular weight is 452 g/mol. The molecule has 11 heteroatoms. The summed E-state index contributed by atoms with van der Waals surface area (Å²) in [6.45, 7) is 5.21. The van der Waals surface area contributed by atoms with Crippen LogP contribution in [0.3, 0.4) is 0 Å². The monoisotopic (exact) mass is 451 g/mol. The molecule has 0 bridgehead atoms. The lowest BCUT2D eigenvalue weighted by atomic mass is 9.98. The van der Waals surface area contributed by atoms with Crippen molar-refractivity contribution in [1.82, 2.24) is 19.8 Å². The first kappa shape index (κ1) is 23.2. The number of rotatable bonds is 9. The second kappa shape index (κ2) is 10.7. The van der Waals surface area contributed by atoms with Gasteiger partial charge in [0.05, 0.1) is 24.1 Å². The fourth-order valence-corrected chi connectivity index (χ4v) is 3.98. The molecule has 0 saturated carbocycles. The number of ether oxygens (including phenoxy) is 1. The molecule has 2 heterocycles. The number of hydrogen-bond donors (Lipinski definition) is 2. The third kappa shape index (κ3) is 7.60. The highest BCUT2D eigenvalue weighted by Gasteiger charge is 2.21. The first-order valence-electron chi connectivity index (χ1n) is 10.3. The number of likely N-dealkylation sites (tertiary alicyclic amines) is 1. The van der Waals surface area contributed by atoms with Gasteiger partial charge in [-0.05, 0) is 63.9 Å². The molecule has 2 N–H and O–H groups in total. The van der Waals surface area contributed by atoms with Crippen LogP contribution in [-0.2, 0) is 14.8 Å². The number of benzene rings is 1. The number of amides is 1. The quantitative estimate of drug-likeness (QED) is 0.556. The third-order valence-corrected chi connectivity index (χ3v) is 5.82. The molecule has 1 amide bonds. The molecule has 2 aromatic rings. The first-order valence-corrected chi connectivity index (χ1v) is 12.2. The molecule has 31 heavy (non-hydrogen) atoms. The lowest BCUT2D eigenvalue weighted by Gasteiger charge is -2.31. The second-order valence-corrected chi connectivity index (χ2v) is 9.55. The number of para-hydroxylation sites is 1. The van der Waals surface area contributed by atoms with Crippen LogP contribution in [0.5, 0.6) is 0 Å². The summed E-state index contributed by atoms with van der Waals surface area (Å²) < 4.78 is 35.3. The van der Waals surface area contributed by atoms with Crippen molar-refractivity contribution in [3.05, 3.63) is 30.1 Å². The molecule has 0 atom stereocenters. The van der Waals surface area contributed by atoms with Crippen LogP contribution >= 0.6 is 0 Å². The Hall–Kier alpha value is -2.50. The van der Waals surface area contributed by atoms with E-state index in [4.69, 9.17) is 9.26 Å². The van der Waals surface area contributed by atoms with E-state index < -0.39 is 16.1 Å². The van der Waals surface area contributed by atoms with Crippen molar-refractivity contribution in [2.45, 2.75) is 26.2 Å². The van der Waals surface area contributed by atoms with Crippen LogP contribution in [0.15, 0.2) is 28.8 Å². The number of aromatic nitrogens is 2. The van der Waals surface area contributed by atoms with E-state index in [1.54, 1.807) is 19.1 Å². The fourth-order valence-electron chi connectivity index (χ4n) is 3.46. The van der Waals surface area contributed by atoms with Crippen LogP contribution in [0.2, 0.25) is 0 Å². The largest absolute Gasteiger partial charge is 0.449 e. The lowest BCUT2D eigenvalue weighted by molar-refractivity contribution is 0.105. The van der Waals surface area contributed by atoms with Gasteiger partial charge in [0.15, 0.2) is 5.82 Å². The summed E-state index contributed by atoms with van der Waals surface area (Å²) in [6, 6.07) is 7.19. The van der Waals surface area contributed by atoms with Crippen LogP contribution in [0.1, 0.15) is 25.1 Å². The SMILES string of the molecule is Cc1noc(-c2ccccc2NC(=O)OCC2CCN(CCCNS(C)(=O)=O)CC2)n1. The number of sulfonamides is 1. The van der Waals surface area contributed by atoms with Gasteiger partial charge in [0, 0.05) is 6.54 Å². The Morgan fingerprint density at radius 2 is 2.03 bits per heavy atom. The van der Waals surface area contributed by atoms with E-state index in [1.807, 2.05) is 12.1 Å². The summed E-state index contributed by atoms with van der Waals surface area (Å²) >= 11 is 0. The molecule has 1 aliphatic rings. The molecular weight excluding hydrogens is 422 g/mol. The van der Waals surface area contributed by atoms with Gasteiger partial charge in [0.25, 0.3) is 5.89 Å². The van der Waals surface area contributed by atoms with E-state index in [-0.39, 0.29) is 0 Å². The highest BCUT2D eigenvalue weighted by Crippen LogP contribution is 2.26. The molecule has 3 rings (SSSR count). The minimum absolute atomic E-state index is 0.310. The van der Waals surface area contributed by atoms with Gasteiger partial charge >= 0.3 is 6.09 Å². The number of hydrogen-bond acceptors (Lipinski definition) is 8. The smallest absolute Gasteiger partial charge is 0.411 e. The summed E-state index contributed by atoms with van der Waals surface area (Å²) in [5.41, 5.74) is 1.19. The molecular formula is C20H29N5O5S. The highest BCUT2D eigenvalue weighted by atomic mass is 32.2. The van der Waals surface area contributed by atoms with Gasteiger partial charge < -0.3 is 14.2 Å². The van der Waals surface area contributed by atoms with Crippen LogP contribution in [-0.4, -0.2) is 68.6 Å². The zero-order valence-corrected chi connectivity index (χ0v) is 18.7. The molecule has 0 radical (unpaired) electrons. The van der Waals surface area contributed by atoms with Crippen LogP contribution in [0, 0.1) is 12.8 Å². The van der Waals surface area contributed by atoms with Crippen LogP contribution in [0.25, 0.3) is 11.5 Å². The number of nitrogens with zero attached hydrogens (tertiary/aromatic N) is 3. The van der Waals surface area contributed by atoms with Crippen LogP contribution < -0.4 is 10.0 Å². The van der Waals surface area contributed by atoms with Gasteiger partial charge in [-0.1, -0.05) is 17.3 Å². The standard InChI is InChI=1S/C20H29N5O5S/c1-15-22-19(30-24-15)17-6-3-4-7-18(17)23-20(26)29-14-16-8-12-25(13-9-16)11-5-10-21-31(2,27)28/h3-4,6-7,16,21H,5,8-14H2,1-2H3,(H,23,26).